The Labute approximate surface area is 116 Å². The van der Waals surface area contributed by atoms with E-state index in [1.807, 2.05) is 6.20 Å². The number of nitrogens with one attached hydrogen (secondary N) is 1. The van der Waals surface area contributed by atoms with Gasteiger partial charge in [-0.25, -0.2) is 4.98 Å². The molecular formula is C16H25N3. The highest BCUT2D eigenvalue weighted by Crippen LogP contribution is 2.37. The van der Waals surface area contributed by atoms with Crippen molar-refractivity contribution in [1.82, 2.24) is 10.3 Å². The Balaban J connectivity index is 1.75. The lowest BCUT2D eigenvalue weighted by atomic mass is 10.1. The first-order valence-electron chi connectivity index (χ1n) is 7.74. The molecule has 1 atom stereocenters. The molecule has 1 unspecified atom stereocenters. The fourth-order valence-corrected chi connectivity index (χ4v) is 2.68. The van der Waals surface area contributed by atoms with Crippen molar-refractivity contribution in [3.8, 4) is 0 Å². The molecule has 19 heavy (non-hydrogen) atoms. The molecule has 0 aliphatic heterocycles. The summed E-state index contributed by atoms with van der Waals surface area (Å²) in [5, 5.41) is 3.48. The summed E-state index contributed by atoms with van der Waals surface area (Å²) >= 11 is 0. The van der Waals surface area contributed by atoms with Crippen LogP contribution in [0.5, 0.6) is 0 Å². The predicted molar refractivity (Wildman–Crippen MR) is 79.4 cm³/mol. The van der Waals surface area contributed by atoms with Crippen LogP contribution in [0.25, 0.3) is 0 Å². The molecule has 1 aromatic heterocycles. The summed E-state index contributed by atoms with van der Waals surface area (Å²) in [6.07, 6.45) is 7.50. The zero-order valence-corrected chi connectivity index (χ0v) is 12.1. The second kappa shape index (κ2) is 5.49. The Hall–Kier alpha value is -1.09. The van der Waals surface area contributed by atoms with Crippen molar-refractivity contribution in [1.29, 1.82) is 0 Å². The summed E-state index contributed by atoms with van der Waals surface area (Å²) in [5.74, 6) is 2.12. The second-order valence-corrected chi connectivity index (χ2v) is 6.05. The largest absolute Gasteiger partial charge is 0.353 e. The number of rotatable bonds is 7. The van der Waals surface area contributed by atoms with E-state index >= 15 is 0 Å². The van der Waals surface area contributed by atoms with Crippen molar-refractivity contribution < 1.29 is 0 Å². The monoisotopic (exact) mass is 259 g/mol. The first-order valence-corrected chi connectivity index (χ1v) is 7.74. The summed E-state index contributed by atoms with van der Waals surface area (Å²) in [4.78, 5) is 7.18. The minimum absolute atomic E-state index is 0.411. The molecular weight excluding hydrogens is 234 g/mol. The van der Waals surface area contributed by atoms with Gasteiger partial charge in [-0.1, -0.05) is 6.92 Å². The van der Waals surface area contributed by atoms with E-state index in [-0.39, 0.29) is 0 Å². The minimum atomic E-state index is 0.411. The van der Waals surface area contributed by atoms with E-state index in [0.717, 1.165) is 18.5 Å². The van der Waals surface area contributed by atoms with E-state index in [1.165, 1.54) is 43.6 Å². The molecule has 0 aromatic carbocycles. The lowest BCUT2D eigenvalue weighted by molar-refractivity contribution is 0.596. The Bertz CT molecular complexity index is 424. The van der Waals surface area contributed by atoms with Crippen LogP contribution in [0.2, 0.25) is 0 Å². The molecule has 3 heteroatoms. The van der Waals surface area contributed by atoms with Gasteiger partial charge in [0, 0.05) is 24.8 Å². The van der Waals surface area contributed by atoms with Gasteiger partial charge in [-0.2, -0.15) is 0 Å². The van der Waals surface area contributed by atoms with Crippen LogP contribution in [0.1, 0.15) is 51.1 Å². The smallest absolute Gasteiger partial charge is 0.129 e. The van der Waals surface area contributed by atoms with E-state index in [4.69, 9.17) is 0 Å². The Morgan fingerprint density at radius 1 is 1.37 bits per heavy atom. The fraction of sp³-hybridized carbons (Fsp3) is 0.688. The van der Waals surface area contributed by atoms with E-state index in [1.54, 1.807) is 0 Å². The van der Waals surface area contributed by atoms with Crippen LogP contribution >= 0.6 is 0 Å². The highest BCUT2D eigenvalue weighted by Gasteiger charge is 2.34. The quantitative estimate of drug-likeness (QED) is 0.815. The Morgan fingerprint density at radius 3 is 2.79 bits per heavy atom. The SMILES string of the molecule is CCNC(C)c1ccnc(N(CC2CC2)C2CC2)c1. The van der Waals surface area contributed by atoms with Crippen LogP contribution in [0.15, 0.2) is 18.3 Å². The summed E-state index contributed by atoms with van der Waals surface area (Å²) < 4.78 is 0. The topological polar surface area (TPSA) is 28.2 Å². The third kappa shape index (κ3) is 3.27. The van der Waals surface area contributed by atoms with Gasteiger partial charge in [-0.15, -0.1) is 0 Å². The lowest BCUT2D eigenvalue weighted by Crippen LogP contribution is -2.29. The van der Waals surface area contributed by atoms with Gasteiger partial charge < -0.3 is 10.2 Å². The third-order valence-electron chi connectivity index (χ3n) is 4.21. The molecule has 1 N–H and O–H groups in total. The molecule has 2 aliphatic rings. The molecule has 0 amide bonds. The molecule has 1 heterocycles. The van der Waals surface area contributed by atoms with Gasteiger partial charge >= 0.3 is 0 Å². The van der Waals surface area contributed by atoms with Gasteiger partial charge in [0.1, 0.15) is 5.82 Å². The number of pyridine rings is 1. The van der Waals surface area contributed by atoms with Gasteiger partial charge in [0.05, 0.1) is 0 Å². The molecule has 1 aromatic rings. The molecule has 3 rings (SSSR count). The number of anilines is 1. The Kier molecular flexibility index (Phi) is 3.74. The molecule has 104 valence electrons. The third-order valence-corrected chi connectivity index (χ3v) is 4.21. The predicted octanol–water partition coefficient (Wildman–Crippen LogP) is 3.13. The van der Waals surface area contributed by atoms with E-state index in [2.05, 4.69) is 41.2 Å². The molecule has 2 aliphatic carbocycles. The molecule has 0 saturated heterocycles. The maximum absolute atomic E-state index is 4.62. The minimum Gasteiger partial charge on any atom is -0.353 e. The van der Waals surface area contributed by atoms with Gasteiger partial charge in [0.2, 0.25) is 0 Å². The lowest BCUT2D eigenvalue weighted by Gasteiger charge is -2.24. The highest BCUT2D eigenvalue weighted by molar-refractivity contribution is 5.44. The molecule has 2 fully saturated rings. The summed E-state index contributed by atoms with van der Waals surface area (Å²) in [7, 11) is 0. The number of aromatic nitrogens is 1. The van der Waals surface area contributed by atoms with Crippen molar-refractivity contribution in [3.05, 3.63) is 23.9 Å². The number of nitrogens with zero attached hydrogens (tertiary/aromatic N) is 2. The van der Waals surface area contributed by atoms with Gasteiger partial charge in [0.25, 0.3) is 0 Å². The molecule has 0 bridgehead atoms. The van der Waals surface area contributed by atoms with E-state index < -0.39 is 0 Å². The Morgan fingerprint density at radius 2 is 2.16 bits per heavy atom. The maximum Gasteiger partial charge on any atom is 0.129 e. The second-order valence-electron chi connectivity index (χ2n) is 6.05. The first-order chi connectivity index (χ1) is 9.28. The average Bonchev–Trinajstić information content (AvgIpc) is 3.28. The average molecular weight is 259 g/mol. The van der Waals surface area contributed by atoms with Crippen LogP contribution in [0.3, 0.4) is 0 Å². The van der Waals surface area contributed by atoms with Crippen molar-refractivity contribution in [2.75, 3.05) is 18.0 Å². The summed E-state index contributed by atoms with van der Waals surface area (Å²) in [5.41, 5.74) is 1.35. The fourth-order valence-electron chi connectivity index (χ4n) is 2.68. The van der Waals surface area contributed by atoms with Gasteiger partial charge in [-0.05, 0) is 62.8 Å². The first kappa shape index (κ1) is 12.9. The van der Waals surface area contributed by atoms with Crippen LogP contribution in [0.4, 0.5) is 5.82 Å². The van der Waals surface area contributed by atoms with E-state index in [9.17, 15) is 0 Å². The van der Waals surface area contributed by atoms with Crippen LogP contribution in [-0.2, 0) is 0 Å². The summed E-state index contributed by atoms with van der Waals surface area (Å²) in [6, 6.07) is 5.60. The molecule has 2 saturated carbocycles. The van der Waals surface area contributed by atoms with Gasteiger partial charge in [0.15, 0.2) is 0 Å². The standard InChI is InChI=1S/C16H25N3/c1-3-17-12(2)14-8-9-18-16(10-14)19(15-6-7-15)11-13-4-5-13/h8-10,12-13,15,17H,3-7,11H2,1-2H3. The van der Waals surface area contributed by atoms with Crippen molar-refractivity contribution in [3.63, 3.8) is 0 Å². The van der Waals surface area contributed by atoms with Gasteiger partial charge in [-0.3, -0.25) is 0 Å². The maximum atomic E-state index is 4.62. The van der Waals surface area contributed by atoms with Crippen molar-refractivity contribution in [2.45, 2.75) is 51.6 Å². The zero-order chi connectivity index (χ0) is 13.2. The summed E-state index contributed by atoms with van der Waals surface area (Å²) in [6.45, 7) is 6.61. The number of hydrogen-bond acceptors (Lipinski definition) is 3. The molecule has 0 radical (unpaired) electrons. The van der Waals surface area contributed by atoms with Crippen molar-refractivity contribution in [2.24, 2.45) is 5.92 Å². The normalized spacial score (nSPS) is 20.3. The van der Waals surface area contributed by atoms with E-state index in [0.29, 0.717) is 6.04 Å². The molecule has 3 nitrogen and oxygen atoms in total. The van der Waals surface area contributed by atoms with Crippen molar-refractivity contribution >= 4 is 5.82 Å². The highest BCUT2D eigenvalue weighted by atomic mass is 15.2. The number of hydrogen-bond donors (Lipinski definition) is 1. The zero-order valence-electron chi connectivity index (χ0n) is 12.1. The van der Waals surface area contributed by atoms with Crippen LogP contribution in [0, 0.1) is 5.92 Å². The van der Waals surface area contributed by atoms with Crippen LogP contribution < -0.4 is 10.2 Å². The molecule has 0 spiro atoms. The van der Waals surface area contributed by atoms with Crippen LogP contribution in [-0.4, -0.2) is 24.1 Å².